The van der Waals surface area contributed by atoms with Crippen molar-refractivity contribution in [3.63, 3.8) is 0 Å². The fourth-order valence-corrected chi connectivity index (χ4v) is 4.18. The summed E-state index contributed by atoms with van der Waals surface area (Å²) in [6, 6.07) is 15.7. The number of pyridine rings is 1. The Morgan fingerprint density at radius 3 is 2.39 bits per heavy atom. The van der Waals surface area contributed by atoms with Gasteiger partial charge in [-0.3, -0.25) is 19.0 Å². The van der Waals surface area contributed by atoms with Gasteiger partial charge in [0, 0.05) is 23.4 Å². The second-order valence-electron chi connectivity index (χ2n) is 8.77. The first-order valence-electron chi connectivity index (χ1n) is 10.1. The van der Waals surface area contributed by atoms with Crippen LogP contribution in [0.1, 0.15) is 52.2 Å². The first-order chi connectivity index (χ1) is 14.7. The monoisotopic (exact) mass is 434 g/mol. The fraction of sp³-hybridized carbons (Fsp3) is 0.240. The summed E-state index contributed by atoms with van der Waals surface area (Å²) in [5, 5.41) is 3.06. The van der Waals surface area contributed by atoms with Crippen molar-refractivity contribution < 1.29 is 9.59 Å². The molecule has 1 N–H and O–H groups in total. The van der Waals surface area contributed by atoms with Crippen LogP contribution in [0.5, 0.6) is 0 Å². The number of nitrogens with one attached hydrogen (secondary N) is 1. The average Bonchev–Trinajstić information content (AvgIpc) is 2.69. The van der Waals surface area contributed by atoms with Crippen LogP contribution in [0.2, 0.25) is 5.02 Å². The number of anilines is 1. The summed E-state index contributed by atoms with van der Waals surface area (Å²) in [4.78, 5) is 39.5. The summed E-state index contributed by atoms with van der Waals surface area (Å²) in [5.74, 6) is -0.668. The number of aryl methyl sites for hydroxylation is 1. The van der Waals surface area contributed by atoms with E-state index in [0.717, 1.165) is 5.56 Å². The van der Waals surface area contributed by atoms with E-state index in [2.05, 4.69) is 5.32 Å². The van der Waals surface area contributed by atoms with Gasteiger partial charge in [-0.25, -0.2) is 0 Å². The predicted molar refractivity (Wildman–Crippen MR) is 123 cm³/mol. The number of amides is 1. The Labute approximate surface area is 185 Å². The molecule has 2 aromatic carbocycles. The molecule has 1 aliphatic carbocycles. The molecule has 5 nitrogen and oxygen atoms in total. The number of carbonyl (C=O) groups is 2. The smallest absolute Gasteiger partial charge is 0.268 e. The molecule has 0 fully saturated rings. The molecule has 158 valence electrons. The lowest BCUT2D eigenvalue weighted by Crippen LogP contribution is -2.37. The van der Waals surface area contributed by atoms with Gasteiger partial charge in [-0.1, -0.05) is 55.3 Å². The second kappa shape index (κ2) is 7.82. The van der Waals surface area contributed by atoms with Gasteiger partial charge in [0.25, 0.3) is 11.5 Å². The number of halogens is 1. The maximum Gasteiger partial charge on any atom is 0.268 e. The van der Waals surface area contributed by atoms with E-state index in [9.17, 15) is 14.4 Å². The minimum Gasteiger partial charge on any atom is -0.320 e. The third kappa shape index (κ3) is 4.06. The minimum absolute atomic E-state index is 0.0705. The molecule has 1 heterocycles. The van der Waals surface area contributed by atoms with Gasteiger partial charge in [-0.2, -0.15) is 0 Å². The fourth-order valence-electron chi connectivity index (χ4n) is 4.00. The van der Waals surface area contributed by atoms with Gasteiger partial charge in [-0.15, -0.1) is 0 Å². The predicted octanol–water partition coefficient (Wildman–Crippen LogP) is 5.21. The zero-order valence-electron chi connectivity index (χ0n) is 17.7. The van der Waals surface area contributed by atoms with Crippen LogP contribution in [-0.4, -0.2) is 16.3 Å². The molecule has 1 aromatic heterocycles. The van der Waals surface area contributed by atoms with Crippen LogP contribution in [0.3, 0.4) is 0 Å². The second-order valence-corrected chi connectivity index (χ2v) is 9.18. The number of aromatic nitrogens is 1. The van der Waals surface area contributed by atoms with Gasteiger partial charge >= 0.3 is 0 Å². The maximum absolute atomic E-state index is 13.5. The van der Waals surface area contributed by atoms with Gasteiger partial charge in [0.2, 0.25) is 0 Å². The first-order valence-corrected chi connectivity index (χ1v) is 10.5. The molecule has 1 amide bonds. The normalized spacial score (nSPS) is 14.8. The number of Topliss-reactive ketones (excluding diaryl/α,β-unsaturated/α-hetero) is 1. The highest BCUT2D eigenvalue weighted by molar-refractivity contribution is 6.33. The van der Waals surface area contributed by atoms with Crippen molar-refractivity contribution in [3.8, 4) is 5.69 Å². The summed E-state index contributed by atoms with van der Waals surface area (Å²) in [7, 11) is 0. The number of para-hydroxylation sites is 1. The quantitative estimate of drug-likeness (QED) is 0.615. The van der Waals surface area contributed by atoms with Crippen molar-refractivity contribution in [3.05, 3.63) is 92.4 Å². The zero-order chi connectivity index (χ0) is 22.3. The van der Waals surface area contributed by atoms with E-state index in [4.69, 9.17) is 11.6 Å². The Balaban J connectivity index is 1.91. The molecule has 0 atom stereocenters. The SMILES string of the molecule is Cc1ccc(-n2c3c(cc(C(=O)Nc4ccccc4Cl)c2=O)C(=O)CC(C)(C)C3)cc1. The molecule has 0 aliphatic heterocycles. The van der Waals surface area contributed by atoms with Crippen molar-refractivity contribution in [2.24, 2.45) is 5.41 Å². The molecule has 31 heavy (non-hydrogen) atoms. The number of fused-ring (bicyclic) bond motifs is 1. The number of nitrogens with zero attached hydrogens (tertiary/aromatic N) is 1. The molecular formula is C25H23ClN2O3. The molecule has 0 saturated carbocycles. The number of carbonyl (C=O) groups excluding carboxylic acids is 2. The van der Waals surface area contributed by atoms with Crippen LogP contribution < -0.4 is 10.9 Å². The average molecular weight is 435 g/mol. The molecule has 4 rings (SSSR count). The van der Waals surface area contributed by atoms with Crippen molar-refractivity contribution in [1.82, 2.24) is 4.57 Å². The summed E-state index contributed by atoms with van der Waals surface area (Å²) >= 11 is 6.16. The van der Waals surface area contributed by atoms with Crippen LogP contribution in [0.4, 0.5) is 5.69 Å². The standard InChI is InChI=1S/C25H23ClN2O3/c1-15-8-10-16(11-9-15)28-21-13-25(2,3)14-22(29)17(21)12-18(24(28)31)23(30)27-20-7-5-4-6-19(20)26/h4-12H,13-14H2,1-3H3,(H,27,30). The van der Waals surface area contributed by atoms with Crippen molar-refractivity contribution >= 4 is 29.0 Å². The molecule has 1 aliphatic rings. The molecule has 0 radical (unpaired) electrons. The van der Waals surface area contributed by atoms with Gasteiger partial charge in [0.1, 0.15) is 5.56 Å². The Kier molecular flexibility index (Phi) is 5.31. The summed E-state index contributed by atoms with van der Waals surface area (Å²) < 4.78 is 1.51. The molecule has 0 spiro atoms. The molecular weight excluding hydrogens is 412 g/mol. The summed E-state index contributed by atoms with van der Waals surface area (Å²) in [6.07, 6.45) is 0.918. The van der Waals surface area contributed by atoms with E-state index in [1.807, 2.05) is 45.0 Å². The van der Waals surface area contributed by atoms with Crippen molar-refractivity contribution in [2.45, 2.75) is 33.6 Å². The highest BCUT2D eigenvalue weighted by atomic mass is 35.5. The highest BCUT2D eigenvalue weighted by Crippen LogP contribution is 2.35. The van der Waals surface area contributed by atoms with Gasteiger partial charge in [0.05, 0.1) is 10.7 Å². The maximum atomic E-state index is 13.5. The number of hydrogen-bond acceptors (Lipinski definition) is 3. The van der Waals surface area contributed by atoms with Gasteiger partial charge in [-0.05, 0) is 49.1 Å². The zero-order valence-corrected chi connectivity index (χ0v) is 18.4. The van der Waals surface area contributed by atoms with E-state index in [0.29, 0.717) is 40.5 Å². The lowest BCUT2D eigenvalue weighted by Gasteiger charge is -2.32. The van der Waals surface area contributed by atoms with E-state index >= 15 is 0 Å². The number of hydrogen-bond donors (Lipinski definition) is 1. The van der Waals surface area contributed by atoms with Crippen molar-refractivity contribution in [2.75, 3.05) is 5.32 Å². The van der Waals surface area contributed by atoms with Crippen LogP contribution in [0.15, 0.2) is 59.4 Å². The van der Waals surface area contributed by atoms with Crippen molar-refractivity contribution in [1.29, 1.82) is 0 Å². The van der Waals surface area contributed by atoms with E-state index in [-0.39, 0.29) is 16.8 Å². The lowest BCUT2D eigenvalue weighted by molar-refractivity contribution is 0.0909. The van der Waals surface area contributed by atoms with Crippen LogP contribution in [0.25, 0.3) is 5.69 Å². The third-order valence-corrected chi connectivity index (χ3v) is 5.88. The van der Waals surface area contributed by atoms with Crippen LogP contribution in [-0.2, 0) is 6.42 Å². The summed E-state index contributed by atoms with van der Waals surface area (Å²) in [5.41, 5.74) is 2.32. The molecule has 3 aromatic rings. The van der Waals surface area contributed by atoms with E-state index < -0.39 is 11.5 Å². The molecule has 0 bridgehead atoms. The largest absolute Gasteiger partial charge is 0.320 e. The third-order valence-electron chi connectivity index (χ3n) is 5.55. The molecule has 6 heteroatoms. The topological polar surface area (TPSA) is 68.2 Å². The molecule has 0 unspecified atom stereocenters. The Hall–Kier alpha value is -3.18. The highest BCUT2D eigenvalue weighted by Gasteiger charge is 2.35. The summed E-state index contributed by atoms with van der Waals surface area (Å²) in [6.45, 7) is 5.98. The first kappa shape index (κ1) is 21.1. The van der Waals surface area contributed by atoms with E-state index in [1.54, 1.807) is 24.3 Å². The van der Waals surface area contributed by atoms with Crippen LogP contribution >= 0.6 is 11.6 Å². The number of rotatable bonds is 3. The number of ketones is 1. The Morgan fingerprint density at radius 2 is 1.71 bits per heavy atom. The van der Waals surface area contributed by atoms with Gasteiger partial charge < -0.3 is 5.32 Å². The lowest BCUT2D eigenvalue weighted by atomic mass is 9.75. The Bertz CT molecular complexity index is 1260. The van der Waals surface area contributed by atoms with E-state index in [1.165, 1.54) is 10.6 Å². The minimum atomic E-state index is -0.598. The Morgan fingerprint density at radius 1 is 1.03 bits per heavy atom. The van der Waals surface area contributed by atoms with Crippen LogP contribution in [0, 0.1) is 12.3 Å². The number of benzene rings is 2. The van der Waals surface area contributed by atoms with Gasteiger partial charge in [0.15, 0.2) is 5.78 Å². The molecule has 0 saturated heterocycles.